The molecule has 0 radical (unpaired) electrons. The summed E-state index contributed by atoms with van der Waals surface area (Å²) in [6.45, 7) is 0. The lowest BCUT2D eigenvalue weighted by Gasteiger charge is -1.77. The minimum atomic E-state index is -3.83. The van der Waals surface area contributed by atoms with Crippen molar-refractivity contribution in [3.05, 3.63) is 0 Å². The summed E-state index contributed by atoms with van der Waals surface area (Å²) in [5.41, 5.74) is 0. The van der Waals surface area contributed by atoms with Gasteiger partial charge in [0.05, 0.1) is 6.26 Å². The molecular weight excluding hydrogens is 111 g/mol. The van der Waals surface area contributed by atoms with Crippen LogP contribution in [0.5, 0.6) is 0 Å². The van der Waals surface area contributed by atoms with E-state index in [2.05, 4.69) is 4.39 Å². The van der Waals surface area contributed by atoms with Gasteiger partial charge in [0.15, 0.2) is 0 Å². The van der Waals surface area contributed by atoms with E-state index < -0.39 is 10.1 Å². The molecule has 0 aromatic rings. The zero-order valence-corrected chi connectivity index (χ0v) is 3.83. The Morgan fingerprint density at radius 2 is 1.83 bits per heavy atom. The molecule has 5 heteroatoms. The molecule has 0 saturated heterocycles. The van der Waals surface area contributed by atoms with Gasteiger partial charge < -0.3 is 0 Å². The lowest BCUT2D eigenvalue weighted by molar-refractivity contribution is 0.00420. The highest BCUT2D eigenvalue weighted by molar-refractivity contribution is 7.85. The molecule has 0 N–H and O–H groups in total. The van der Waals surface area contributed by atoms with Gasteiger partial charge in [-0.25, -0.2) is 0 Å². The van der Waals surface area contributed by atoms with E-state index in [9.17, 15) is 12.9 Å². The molecule has 0 aromatic carbocycles. The van der Waals surface area contributed by atoms with Crippen molar-refractivity contribution in [2.45, 2.75) is 0 Å². The van der Waals surface area contributed by atoms with E-state index in [1.807, 2.05) is 0 Å². The minimum Gasteiger partial charge on any atom is -0.197 e. The Morgan fingerprint density at radius 3 is 1.83 bits per heavy atom. The van der Waals surface area contributed by atoms with Crippen molar-refractivity contribution in [1.29, 1.82) is 0 Å². The van der Waals surface area contributed by atoms with Crippen LogP contribution in [0.3, 0.4) is 0 Å². The fourth-order valence-electron chi connectivity index (χ4n) is 0. The van der Waals surface area contributed by atoms with Crippen LogP contribution in [0.4, 0.5) is 4.53 Å². The lowest BCUT2D eigenvalue weighted by atomic mass is 12.0. The van der Waals surface area contributed by atoms with Crippen molar-refractivity contribution in [3.63, 3.8) is 0 Å². The summed E-state index contributed by atoms with van der Waals surface area (Å²) in [6.07, 6.45) is 0.618. The fourth-order valence-corrected chi connectivity index (χ4v) is 0. The highest BCUT2D eigenvalue weighted by atomic mass is 32.2. The first-order valence-corrected chi connectivity index (χ1v) is 2.88. The molecule has 0 aliphatic heterocycles. The first kappa shape index (κ1) is 5.84. The van der Waals surface area contributed by atoms with E-state index in [-0.39, 0.29) is 0 Å². The van der Waals surface area contributed by atoms with Crippen molar-refractivity contribution in [1.82, 2.24) is 0 Å². The van der Waals surface area contributed by atoms with Crippen LogP contribution in [-0.4, -0.2) is 14.7 Å². The first-order valence-electron chi connectivity index (χ1n) is 1.06. The maximum Gasteiger partial charge on any atom is 0.295 e. The molecule has 0 fully saturated rings. The Labute approximate surface area is 34.8 Å². The van der Waals surface area contributed by atoms with Crippen molar-refractivity contribution < 1.29 is 17.3 Å². The van der Waals surface area contributed by atoms with Crippen LogP contribution >= 0.6 is 0 Å². The summed E-state index contributed by atoms with van der Waals surface area (Å²) < 4.78 is 31.6. The maximum atomic E-state index is 10.4. The van der Waals surface area contributed by atoms with Gasteiger partial charge in [0.25, 0.3) is 10.1 Å². The quantitative estimate of drug-likeness (QED) is 0.476. The van der Waals surface area contributed by atoms with Gasteiger partial charge >= 0.3 is 0 Å². The molecule has 0 bridgehead atoms. The zero-order valence-electron chi connectivity index (χ0n) is 3.01. The number of halogens is 1. The van der Waals surface area contributed by atoms with E-state index in [1.165, 1.54) is 0 Å². The van der Waals surface area contributed by atoms with Gasteiger partial charge in [-0.15, -0.1) is 0 Å². The molecule has 0 unspecified atom stereocenters. The van der Waals surface area contributed by atoms with Gasteiger partial charge in [0.2, 0.25) is 0 Å². The summed E-state index contributed by atoms with van der Waals surface area (Å²) in [5.74, 6) is 0. The van der Waals surface area contributed by atoms with Crippen LogP contribution in [0, 0.1) is 0 Å². The Hall–Kier alpha value is -0.160. The van der Waals surface area contributed by atoms with Gasteiger partial charge in [0.1, 0.15) is 0 Å². The first-order chi connectivity index (χ1) is 2.56. The van der Waals surface area contributed by atoms with Crippen LogP contribution in [-0.2, 0) is 14.5 Å². The molecule has 38 valence electrons. The maximum absolute atomic E-state index is 10.4. The monoisotopic (exact) mass is 114 g/mol. The van der Waals surface area contributed by atoms with Crippen LogP contribution in [0.2, 0.25) is 0 Å². The molecule has 0 aliphatic carbocycles. The summed E-state index contributed by atoms with van der Waals surface area (Å²) in [6, 6.07) is 0. The molecule has 0 rings (SSSR count). The van der Waals surface area contributed by atoms with E-state index >= 15 is 0 Å². The SMILES string of the molecule is CS(=O)(=O)OF. The number of hydrogen-bond acceptors (Lipinski definition) is 3. The Morgan fingerprint density at radius 1 is 1.67 bits per heavy atom. The van der Waals surface area contributed by atoms with Gasteiger partial charge in [-0.2, -0.15) is 8.42 Å². The highest BCUT2D eigenvalue weighted by Crippen LogP contribution is 1.82. The molecule has 3 nitrogen and oxygen atoms in total. The fraction of sp³-hybridized carbons (Fsp3) is 1.00. The average molecular weight is 114 g/mol. The third-order valence-electron chi connectivity index (χ3n) is 0.114. The van der Waals surface area contributed by atoms with E-state index in [1.54, 1.807) is 0 Å². The van der Waals surface area contributed by atoms with Crippen molar-refractivity contribution in [3.8, 4) is 0 Å². The van der Waals surface area contributed by atoms with Crippen molar-refractivity contribution >= 4 is 10.1 Å². The molecule has 0 amide bonds. The summed E-state index contributed by atoms with van der Waals surface area (Å²) in [5, 5.41) is 0. The number of rotatable bonds is 1. The normalized spacial score (nSPS) is 11.7. The topological polar surface area (TPSA) is 43.4 Å². The molecule has 0 aromatic heterocycles. The van der Waals surface area contributed by atoms with Crippen LogP contribution in [0.25, 0.3) is 0 Å². The third kappa shape index (κ3) is 3.84. The predicted octanol–water partition coefficient (Wildman–Crippen LogP) is -0.153. The molecule has 0 spiro atoms. The predicted molar refractivity (Wildman–Crippen MR) is 17.0 cm³/mol. The van der Waals surface area contributed by atoms with E-state index in [4.69, 9.17) is 0 Å². The summed E-state index contributed by atoms with van der Waals surface area (Å²) in [4.78, 5) is 0. The van der Waals surface area contributed by atoms with Gasteiger partial charge in [-0.1, -0.05) is 4.39 Å². The zero-order chi connectivity index (χ0) is 5.21. The second-order valence-electron chi connectivity index (χ2n) is 0.767. The van der Waals surface area contributed by atoms with Crippen molar-refractivity contribution in [2.24, 2.45) is 0 Å². The molecule has 6 heavy (non-hydrogen) atoms. The number of hydrogen-bond donors (Lipinski definition) is 0. The van der Waals surface area contributed by atoms with E-state index in [0.717, 1.165) is 0 Å². The van der Waals surface area contributed by atoms with Gasteiger partial charge in [0, 0.05) is 0 Å². The third-order valence-corrected chi connectivity index (χ3v) is 0.343. The summed E-state index contributed by atoms with van der Waals surface area (Å²) >= 11 is 0. The van der Waals surface area contributed by atoms with Gasteiger partial charge in [-0.05, 0) is 4.53 Å². The molecule has 0 atom stereocenters. The minimum absolute atomic E-state index is 0.618. The molecule has 0 heterocycles. The largest absolute Gasteiger partial charge is 0.295 e. The van der Waals surface area contributed by atoms with Crippen LogP contribution < -0.4 is 0 Å². The molecule has 0 aliphatic rings. The standard InChI is InChI=1S/CH3FO3S/c1-6(3,4)5-2/h1H3. The second kappa shape index (κ2) is 1.53. The average Bonchev–Trinajstić information content (AvgIpc) is 1.35. The summed E-state index contributed by atoms with van der Waals surface area (Å²) in [7, 11) is -3.83. The van der Waals surface area contributed by atoms with Crippen LogP contribution in [0.15, 0.2) is 0 Å². The lowest BCUT2D eigenvalue weighted by Crippen LogP contribution is -1.92. The second-order valence-corrected chi connectivity index (χ2v) is 2.30. The van der Waals surface area contributed by atoms with Crippen molar-refractivity contribution in [2.75, 3.05) is 6.26 Å². The molecular formula is CH3FO3S. The smallest absolute Gasteiger partial charge is 0.197 e. The molecule has 0 saturated carbocycles. The van der Waals surface area contributed by atoms with Gasteiger partial charge in [-0.3, -0.25) is 0 Å². The van der Waals surface area contributed by atoms with E-state index in [0.29, 0.717) is 6.26 Å². The highest BCUT2D eigenvalue weighted by Gasteiger charge is 1.95. The Kier molecular flexibility index (Phi) is 1.48. The Balaban J connectivity index is 3.85. The Bertz CT molecular complexity index is 113. The van der Waals surface area contributed by atoms with Crippen LogP contribution in [0.1, 0.15) is 0 Å².